The van der Waals surface area contributed by atoms with E-state index in [1.165, 1.54) is 63.4 Å². The van der Waals surface area contributed by atoms with E-state index in [1.807, 2.05) is 41.5 Å². The van der Waals surface area contributed by atoms with Crippen LogP contribution in [0.2, 0.25) is 0 Å². The molecule has 1 heterocycles. The van der Waals surface area contributed by atoms with Gasteiger partial charge in [0, 0.05) is 17.0 Å². The summed E-state index contributed by atoms with van der Waals surface area (Å²) in [6.07, 6.45) is 18.0. The second-order valence-electron chi connectivity index (χ2n) is 15.2. The first-order valence-electron chi connectivity index (χ1n) is 16.5. The van der Waals surface area contributed by atoms with Gasteiger partial charge in [0.05, 0.1) is 11.1 Å². The molecule has 3 nitrogen and oxygen atoms in total. The fourth-order valence-electron chi connectivity index (χ4n) is 10.2. The van der Waals surface area contributed by atoms with Gasteiger partial charge in [0.25, 0.3) is 0 Å². The molecule has 0 bridgehead atoms. The van der Waals surface area contributed by atoms with Crippen molar-refractivity contribution in [3.8, 4) is 0 Å². The maximum Gasteiger partial charge on any atom is 0.340 e. The minimum atomic E-state index is -0.226. The molecule has 0 aliphatic heterocycles. The van der Waals surface area contributed by atoms with Gasteiger partial charge in [-0.25, -0.2) is 4.79 Å². The lowest BCUT2D eigenvalue weighted by molar-refractivity contribution is -0.101. The van der Waals surface area contributed by atoms with E-state index in [2.05, 4.69) is 52.6 Å². The largest absolute Gasteiger partial charge is 0.458 e. The van der Waals surface area contributed by atoms with E-state index in [0.717, 1.165) is 35.6 Å². The van der Waals surface area contributed by atoms with Crippen molar-refractivity contribution in [2.45, 2.75) is 118 Å². The molecule has 1 aromatic carbocycles. The Balaban J connectivity index is 1.18. The minimum Gasteiger partial charge on any atom is -0.458 e. The molecule has 0 radical (unpaired) electrons. The molecule has 3 heteroatoms. The minimum absolute atomic E-state index is 0.0602. The molecule has 41 heavy (non-hydrogen) atoms. The summed E-state index contributed by atoms with van der Waals surface area (Å²) in [5, 5.41) is 0.982. The summed E-state index contributed by atoms with van der Waals surface area (Å²) in [5.41, 5.74) is 7.26. The van der Waals surface area contributed by atoms with Crippen LogP contribution in [0.5, 0.6) is 0 Å². The molecule has 4 aliphatic carbocycles. The number of benzene rings is 1. The van der Waals surface area contributed by atoms with Crippen LogP contribution in [0.1, 0.15) is 123 Å². The highest BCUT2D eigenvalue weighted by Crippen LogP contribution is 2.67. The molecule has 6 atom stereocenters. The third-order valence-electron chi connectivity index (χ3n) is 12.5. The van der Waals surface area contributed by atoms with E-state index >= 15 is 0 Å². The molecule has 0 spiro atoms. The van der Waals surface area contributed by atoms with Crippen molar-refractivity contribution in [3.63, 3.8) is 0 Å². The Bertz CT molecular complexity index is 1380. The average Bonchev–Trinajstić information content (AvgIpc) is 3.28. The highest BCUT2D eigenvalue weighted by atomic mass is 16.5. The van der Waals surface area contributed by atoms with Gasteiger partial charge in [-0.3, -0.25) is 4.98 Å². The highest BCUT2D eigenvalue weighted by Gasteiger charge is 2.59. The lowest BCUT2D eigenvalue weighted by Gasteiger charge is -2.60. The number of para-hydroxylation sites is 1. The molecule has 1 aromatic heterocycles. The van der Waals surface area contributed by atoms with Crippen molar-refractivity contribution < 1.29 is 9.53 Å². The summed E-state index contributed by atoms with van der Waals surface area (Å²) >= 11 is 0. The highest BCUT2D eigenvalue weighted by molar-refractivity contribution is 5.93. The molecule has 0 amide bonds. The summed E-state index contributed by atoms with van der Waals surface area (Å²) in [7, 11) is 0. The smallest absolute Gasteiger partial charge is 0.340 e. The SMILES string of the molecule is CC(C)=CCCCC1CCC2C3=C(CCC12C)C1(C)CCC(OC(=O)c2cnc4ccccc4c2)C(C)(C)C1CC3. The molecule has 2 saturated carbocycles. The fraction of sp³-hybridized carbons (Fsp3) is 0.632. The standard InChI is InChI=1S/C38H51NO2/c1-25(2)11-7-9-13-28-15-17-30-29-16-18-33-36(3,4)34(20-22-38(33,6)31(29)19-21-37(28,30)5)41-35(40)27-23-26-12-8-10-14-32(26)39-24-27/h8,10-12,14,23-24,28,30,33-34H,7,9,13,15-22H2,1-6H3. The molecule has 6 rings (SSSR count). The van der Waals surface area contributed by atoms with Crippen molar-refractivity contribution in [3.05, 3.63) is 64.9 Å². The molecular weight excluding hydrogens is 502 g/mol. The van der Waals surface area contributed by atoms with Gasteiger partial charge in [0.1, 0.15) is 6.10 Å². The molecule has 0 saturated heterocycles. The monoisotopic (exact) mass is 553 g/mol. The molecule has 2 aromatic rings. The second-order valence-corrected chi connectivity index (χ2v) is 15.2. The summed E-state index contributed by atoms with van der Waals surface area (Å²) < 4.78 is 6.33. The predicted molar refractivity (Wildman–Crippen MR) is 169 cm³/mol. The zero-order valence-corrected chi connectivity index (χ0v) is 26.4. The Morgan fingerprint density at radius 2 is 1.83 bits per heavy atom. The van der Waals surface area contributed by atoms with Crippen LogP contribution in [0.25, 0.3) is 10.9 Å². The van der Waals surface area contributed by atoms with Crippen molar-refractivity contribution in [2.75, 3.05) is 0 Å². The molecule has 0 N–H and O–H groups in total. The van der Waals surface area contributed by atoms with E-state index in [1.54, 1.807) is 6.20 Å². The number of fused-ring (bicyclic) bond motifs is 5. The van der Waals surface area contributed by atoms with E-state index in [-0.39, 0.29) is 22.9 Å². The first-order valence-corrected chi connectivity index (χ1v) is 16.5. The normalized spacial score (nSPS) is 34.0. The predicted octanol–water partition coefficient (Wildman–Crippen LogP) is 10.3. The van der Waals surface area contributed by atoms with Gasteiger partial charge in [-0.2, -0.15) is 0 Å². The first-order chi connectivity index (χ1) is 19.5. The van der Waals surface area contributed by atoms with Gasteiger partial charge >= 0.3 is 5.97 Å². The van der Waals surface area contributed by atoms with Crippen LogP contribution in [0.15, 0.2) is 59.3 Å². The fourth-order valence-corrected chi connectivity index (χ4v) is 10.2. The number of nitrogens with zero attached hydrogens (tertiary/aromatic N) is 1. The maximum atomic E-state index is 13.4. The van der Waals surface area contributed by atoms with Crippen molar-refractivity contribution in [1.29, 1.82) is 0 Å². The number of carbonyl (C=O) groups is 1. The van der Waals surface area contributed by atoms with Gasteiger partial charge in [-0.15, -0.1) is 0 Å². The number of ether oxygens (including phenoxy) is 1. The zero-order valence-electron chi connectivity index (χ0n) is 26.4. The van der Waals surface area contributed by atoms with E-state index in [4.69, 9.17) is 4.74 Å². The molecule has 220 valence electrons. The average molecular weight is 554 g/mol. The summed E-state index contributed by atoms with van der Waals surface area (Å²) in [6, 6.07) is 9.88. The molecule has 2 fully saturated rings. The molecule has 4 aliphatic rings. The Labute approximate surface area is 248 Å². The number of aromatic nitrogens is 1. The number of hydrogen-bond acceptors (Lipinski definition) is 3. The topological polar surface area (TPSA) is 39.2 Å². The van der Waals surface area contributed by atoms with Crippen LogP contribution < -0.4 is 0 Å². The number of rotatable bonds is 6. The number of allylic oxidation sites excluding steroid dienone is 4. The van der Waals surface area contributed by atoms with Gasteiger partial charge in [-0.1, -0.05) is 68.7 Å². The van der Waals surface area contributed by atoms with Crippen LogP contribution in [0.3, 0.4) is 0 Å². The van der Waals surface area contributed by atoms with Crippen LogP contribution in [-0.2, 0) is 4.74 Å². The first kappa shape index (κ1) is 28.7. The van der Waals surface area contributed by atoms with E-state index < -0.39 is 0 Å². The van der Waals surface area contributed by atoms with Gasteiger partial charge < -0.3 is 4.74 Å². The van der Waals surface area contributed by atoms with Crippen molar-refractivity contribution in [2.24, 2.45) is 34.0 Å². The number of carbonyl (C=O) groups excluding carboxylic acids is 1. The second kappa shape index (κ2) is 10.7. The lowest BCUT2D eigenvalue weighted by atomic mass is 9.46. The number of esters is 1. The van der Waals surface area contributed by atoms with Gasteiger partial charge in [0.2, 0.25) is 0 Å². The third kappa shape index (κ3) is 4.90. The summed E-state index contributed by atoms with van der Waals surface area (Å²) in [5.74, 6) is 1.99. The van der Waals surface area contributed by atoms with Crippen LogP contribution in [0.4, 0.5) is 0 Å². The summed E-state index contributed by atoms with van der Waals surface area (Å²) in [4.78, 5) is 17.9. The van der Waals surface area contributed by atoms with Gasteiger partial charge in [0.15, 0.2) is 0 Å². The van der Waals surface area contributed by atoms with E-state index in [0.29, 0.717) is 16.9 Å². The molecular formula is C38H51NO2. The Hall–Kier alpha value is -2.42. The molecule has 6 unspecified atom stereocenters. The Morgan fingerprint density at radius 1 is 1.02 bits per heavy atom. The summed E-state index contributed by atoms with van der Waals surface area (Å²) in [6.45, 7) is 14.4. The van der Waals surface area contributed by atoms with Crippen molar-refractivity contribution in [1.82, 2.24) is 4.98 Å². The van der Waals surface area contributed by atoms with Crippen molar-refractivity contribution >= 4 is 16.9 Å². The van der Waals surface area contributed by atoms with E-state index in [9.17, 15) is 4.79 Å². The Morgan fingerprint density at radius 3 is 2.63 bits per heavy atom. The third-order valence-corrected chi connectivity index (χ3v) is 12.5. The number of pyridine rings is 1. The number of unbranched alkanes of at least 4 members (excludes halogenated alkanes) is 1. The van der Waals surface area contributed by atoms with Crippen LogP contribution in [-0.4, -0.2) is 17.1 Å². The zero-order chi connectivity index (χ0) is 29.0. The van der Waals surface area contributed by atoms with Crippen LogP contribution in [0, 0.1) is 34.0 Å². The maximum absolute atomic E-state index is 13.4. The lowest BCUT2D eigenvalue weighted by Crippen LogP contribution is -2.54. The quantitative estimate of drug-likeness (QED) is 0.203. The number of hydrogen-bond donors (Lipinski definition) is 0. The Kier molecular flexibility index (Phi) is 7.48. The van der Waals surface area contributed by atoms with Gasteiger partial charge in [-0.05, 0) is 125 Å². The van der Waals surface area contributed by atoms with Crippen LogP contribution >= 0.6 is 0 Å².